The van der Waals surface area contributed by atoms with Gasteiger partial charge in [-0.25, -0.2) is 0 Å². The molecule has 0 N–H and O–H groups in total. The summed E-state index contributed by atoms with van der Waals surface area (Å²) in [7, 11) is 0. The van der Waals surface area contributed by atoms with Gasteiger partial charge in [0.15, 0.2) is 0 Å². The molecule has 0 saturated carbocycles. The van der Waals surface area contributed by atoms with E-state index in [4.69, 9.17) is 0 Å². The van der Waals surface area contributed by atoms with Gasteiger partial charge >= 0.3 is 0 Å². The number of hydrogen-bond donors (Lipinski definition) is 0. The summed E-state index contributed by atoms with van der Waals surface area (Å²) in [5.41, 5.74) is 10.6. The highest BCUT2D eigenvalue weighted by atomic mass is 14.3. The van der Waals surface area contributed by atoms with Gasteiger partial charge in [-0.1, -0.05) is 146 Å². The molecule has 0 atom stereocenters. The largest absolute Gasteiger partial charge is 0.0622 e. The molecule has 0 bridgehead atoms. The van der Waals surface area contributed by atoms with E-state index in [9.17, 15) is 0 Å². The third-order valence-corrected chi connectivity index (χ3v) is 9.51. The Kier molecular flexibility index (Phi) is 4.27. The molecule has 9 aromatic rings. The Balaban J connectivity index is 1.60. The van der Waals surface area contributed by atoms with Gasteiger partial charge in [0, 0.05) is 0 Å². The van der Waals surface area contributed by atoms with E-state index in [-0.39, 0.29) is 0 Å². The van der Waals surface area contributed by atoms with E-state index >= 15 is 0 Å². The minimum absolute atomic E-state index is 1.25. The first kappa shape index (κ1) is 22.3. The first-order valence-corrected chi connectivity index (χ1v) is 14.7. The summed E-state index contributed by atoms with van der Waals surface area (Å²) >= 11 is 0. The van der Waals surface area contributed by atoms with Crippen molar-refractivity contribution in [1.29, 1.82) is 0 Å². The highest BCUT2D eigenvalue weighted by Gasteiger charge is 2.31. The predicted molar refractivity (Wildman–Crippen MR) is 180 cm³/mol. The summed E-state index contributed by atoms with van der Waals surface area (Å²) in [5, 5.41) is 13.4. The fraction of sp³-hybridized carbons (Fsp3) is 0. The second kappa shape index (κ2) is 8.06. The molecule has 0 saturated heterocycles. The summed E-state index contributed by atoms with van der Waals surface area (Å²) in [6.07, 6.45) is 0. The van der Waals surface area contributed by atoms with Crippen LogP contribution in [0.2, 0.25) is 0 Å². The van der Waals surface area contributed by atoms with Gasteiger partial charge in [-0.2, -0.15) is 0 Å². The Bertz CT molecular complexity index is 2530. The number of rotatable bonds is 2. The second-order valence-corrected chi connectivity index (χ2v) is 11.6. The van der Waals surface area contributed by atoms with Crippen LogP contribution >= 0.6 is 0 Å². The molecule has 10 rings (SSSR count). The van der Waals surface area contributed by atoms with Gasteiger partial charge in [0.25, 0.3) is 0 Å². The van der Waals surface area contributed by atoms with Crippen LogP contribution in [0, 0.1) is 0 Å². The van der Waals surface area contributed by atoms with Crippen LogP contribution in [0.5, 0.6) is 0 Å². The van der Waals surface area contributed by atoms with Crippen molar-refractivity contribution in [3.05, 3.63) is 146 Å². The average molecular weight is 529 g/mol. The molecule has 0 nitrogen and oxygen atoms in total. The van der Waals surface area contributed by atoms with Crippen LogP contribution in [-0.2, 0) is 0 Å². The van der Waals surface area contributed by atoms with Crippen LogP contribution in [0.15, 0.2) is 146 Å². The maximum absolute atomic E-state index is 2.38. The molecule has 9 aromatic carbocycles. The third-order valence-electron chi connectivity index (χ3n) is 9.51. The predicted octanol–water partition coefficient (Wildman–Crippen LogP) is 11.9. The first-order chi connectivity index (χ1) is 20.9. The number of benzene rings is 9. The Hall–Kier alpha value is -5.46. The van der Waals surface area contributed by atoms with Crippen molar-refractivity contribution < 1.29 is 0 Å². The van der Waals surface area contributed by atoms with Crippen molar-refractivity contribution in [3.63, 3.8) is 0 Å². The van der Waals surface area contributed by atoms with Gasteiger partial charge in [-0.15, -0.1) is 0 Å². The van der Waals surface area contributed by atoms with E-state index in [1.807, 2.05) is 0 Å². The van der Waals surface area contributed by atoms with Crippen LogP contribution in [0.4, 0.5) is 0 Å². The molecule has 0 unspecified atom stereocenters. The minimum Gasteiger partial charge on any atom is -0.0622 e. The zero-order valence-corrected chi connectivity index (χ0v) is 22.9. The standard InChI is InChI=1S/C42H24/c1-3-11-25(12-4-1)29-23-24-31-30-19-7-15-26-16-8-20-32(35(26)30)41-39(31)38(29)37(28-13-5-2-6-14-28)40-33-21-9-17-27-18-10-22-34(36(27)33)42(40)41/h1-24H. The maximum atomic E-state index is 2.38. The van der Waals surface area contributed by atoms with Gasteiger partial charge in [0.2, 0.25) is 0 Å². The van der Waals surface area contributed by atoms with Crippen molar-refractivity contribution in [2.75, 3.05) is 0 Å². The molecular formula is C42H24. The minimum atomic E-state index is 1.25. The third kappa shape index (κ3) is 2.72. The molecule has 0 fully saturated rings. The smallest absolute Gasteiger partial charge is 0.000696 e. The monoisotopic (exact) mass is 528 g/mol. The molecule has 0 aliphatic heterocycles. The quantitative estimate of drug-likeness (QED) is 0.155. The van der Waals surface area contributed by atoms with E-state index < -0.39 is 0 Å². The zero-order chi connectivity index (χ0) is 27.4. The van der Waals surface area contributed by atoms with Gasteiger partial charge in [0.1, 0.15) is 0 Å². The van der Waals surface area contributed by atoms with Crippen LogP contribution in [0.3, 0.4) is 0 Å². The highest BCUT2D eigenvalue weighted by Crippen LogP contribution is 2.59. The highest BCUT2D eigenvalue weighted by molar-refractivity contribution is 6.42. The molecule has 192 valence electrons. The van der Waals surface area contributed by atoms with Crippen LogP contribution in [0.1, 0.15) is 0 Å². The Labute approximate surface area is 243 Å². The number of fused-ring (bicyclic) bond motifs is 6. The fourth-order valence-corrected chi connectivity index (χ4v) is 7.94. The van der Waals surface area contributed by atoms with Crippen molar-refractivity contribution in [2.24, 2.45) is 0 Å². The van der Waals surface area contributed by atoms with Crippen molar-refractivity contribution in [1.82, 2.24) is 0 Å². The molecule has 0 aromatic heterocycles. The molecule has 0 radical (unpaired) electrons. The Morgan fingerprint density at radius 2 is 0.810 bits per heavy atom. The molecule has 42 heavy (non-hydrogen) atoms. The molecule has 0 amide bonds. The van der Waals surface area contributed by atoms with E-state index in [0.717, 1.165) is 0 Å². The van der Waals surface area contributed by atoms with Crippen molar-refractivity contribution >= 4 is 53.9 Å². The molecule has 1 aliphatic carbocycles. The van der Waals surface area contributed by atoms with Crippen molar-refractivity contribution in [3.8, 4) is 44.5 Å². The summed E-state index contributed by atoms with van der Waals surface area (Å²) in [5.74, 6) is 0. The topological polar surface area (TPSA) is 0 Å². The summed E-state index contributed by atoms with van der Waals surface area (Å²) in [4.78, 5) is 0. The van der Waals surface area contributed by atoms with Gasteiger partial charge in [0.05, 0.1) is 0 Å². The maximum Gasteiger partial charge on any atom is -0.000696 e. The lowest BCUT2D eigenvalue weighted by Crippen LogP contribution is -1.96. The molecule has 1 aliphatic rings. The van der Waals surface area contributed by atoms with E-state index in [1.54, 1.807) is 0 Å². The second-order valence-electron chi connectivity index (χ2n) is 11.6. The molecular weight excluding hydrogens is 504 g/mol. The Morgan fingerprint density at radius 1 is 0.238 bits per heavy atom. The molecule has 0 spiro atoms. The van der Waals surface area contributed by atoms with Crippen LogP contribution < -0.4 is 0 Å². The first-order valence-electron chi connectivity index (χ1n) is 14.7. The van der Waals surface area contributed by atoms with Crippen LogP contribution in [-0.4, -0.2) is 0 Å². The molecule has 0 heterocycles. The van der Waals surface area contributed by atoms with Gasteiger partial charge in [-0.3, -0.25) is 0 Å². The van der Waals surface area contributed by atoms with E-state index in [1.165, 1.54) is 98.4 Å². The lowest BCUT2D eigenvalue weighted by atomic mass is 9.79. The lowest BCUT2D eigenvalue weighted by molar-refractivity contribution is 1.64. The normalized spacial score (nSPS) is 12.3. The zero-order valence-electron chi connectivity index (χ0n) is 22.9. The summed E-state index contributed by atoms with van der Waals surface area (Å²) in [6, 6.07) is 54.0. The van der Waals surface area contributed by atoms with E-state index in [0.29, 0.717) is 0 Å². The Morgan fingerprint density at radius 3 is 1.52 bits per heavy atom. The van der Waals surface area contributed by atoms with Gasteiger partial charge < -0.3 is 0 Å². The summed E-state index contributed by atoms with van der Waals surface area (Å²) < 4.78 is 0. The molecule has 0 heteroatoms. The van der Waals surface area contributed by atoms with Crippen molar-refractivity contribution in [2.45, 2.75) is 0 Å². The summed E-state index contributed by atoms with van der Waals surface area (Å²) in [6.45, 7) is 0. The average Bonchev–Trinajstić information content (AvgIpc) is 3.39. The van der Waals surface area contributed by atoms with E-state index in [2.05, 4.69) is 146 Å². The lowest BCUT2D eigenvalue weighted by Gasteiger charge is -2.24. The van der Waals surface area contributed by atoms with Gasteiger partial charge in [-0.05, 0) is 98.4 Å². The SMILES string of the molecule is c1ccc(-c2ccc3c4cccc5cccc(c6c7c(c(-c8ccccc8)c2c36)-c2cccc3cccc-7c23)c54)cc1. The fourth-order valence-electron chi connectivity index (χ4n) is 7.94. The van der Waals surface area contributed by atoms with Crippen LogP contribution in [0.25, 0.3) is 98.4 Å². The number of hydrogen-bond acceptors (Lipinski definition) is 0.